The molecule has 11 heteroatoms. The Kier molecular flexibility index (Phi) is 8.79. The molecule has 2 atom stereocenters. The van der Waals surface area contributed by atoms with Crippen LogP contribution in [-0.4, -0.2) is 18.8 Å². The molecule has 1 N–H and O–H groups in total. The first-order chi connectivity index (χ1) is 18.0. The van der Waals surface area contributed by atoms with Crippen molar-refractivity contribution in [1.29, 1.82) is 0 Å². The van der Waals surface area contributed by atoms with Crippen LogP contribution >= 0.6 is 0 Å². The highest BCUT2D eigenvalue weighted by Gasteiger charge is 2.37. The Labute approximate surface area is 215 Å². The third kappa shape index (κ3) is 7.58. The average molecular weight is 544 g/mol. The van der Waals surface area contributed by atoms with Gasteiger partial charge in [-0.25, -0.2) is 10.3 Å². The third-order valence-electron chi connectivity index (χ3n) is 6.38. The summed E-state index contributed by atoms with van der Waals surface area (Å²) in [5, 5.41) is 0. The number of rotatable bonds is 7. The number of hydrogen-bond donors (Lipinski definition) is 1. The topological polar surface area (TPSA) is 56.8 Å². The minimum atomic E-state index is -4.91. The summed E-state index contributed by atoms with van der Waals surface area (Å²) in [4.78, 5) is 17.3. The lowest BCUT2D eigenvalue weighted by molar-refractivity contribution is -0.198. The lowest BCUT2D eigenvalue weighted by Gasteiger charge is -2.26. The minimum absolute atomic E-state index is 0.102. The van der Waals surface area contributed by atoms with Gasteiger partial charge in [0, 0.05) is 19.1 Å². The first kappa shape index (κ1) is 28.1. The number of carbonyl (C=O) groups excluding carboxylic acids is 1. The Balaban J connectivity index is 1.40. The number of amides is 1. The second kappa shape index (κ2) is 11.9. The Hall–Kier alpha value is -2.89. The van der Waals surface area contributed by atoms with E-state index < -0.39 is 48.4 Å². The van der Waals surface area contributed by atoms with Crippen LogP contribution in [0.1, 0.15) is 71.6 Å². The molecule has 0 bridgehead atoms. The summed E-state index contributed by atoms with van der Waals surface area (Å²) in [6, 6.07) is 6.91. The molecule has 38 heavy (non-hydrogen) atoms. The summed E-state index contributed by atoms with van der Waals surface area (Å²) in [6.45, 7) is 0.189. The number of carbonyl (C=O) groups is 1. The van der Waals surface area contributed by atoms with Crippen molar-refractivity contribution < 1.29 is 45.4 Å². The highest BCUT2D eigenvalue weighted by Crippen LogP contribution is 2.38. The average Bonchev–Trinajstić information content (AvgIpc) is 2.88. The van der Waals surface area contributed by atoms with Gasteiger partial charge in [-0.2, -0.15) is 26.3 Å². The molecule has 0 aromatic heterocycles. The van der Waals surface area contributed by atoms with Crippen molar-refractivity contribution in [2.24, 2.45) is 0 Å². The molecule has 2 aromatic carbocycles. The van der Waals surface area contributed by atoms with Crippen LogP contribution in [0.25, 0.3) is 6.08 Å². The molecule has 1 fully saturated rings. The van der Waals surface area contributed by atoms with Gasteiger partial charge in [-0.1, -0.05) is 18.2 Å². The van der Waals surface area contributed by atoms with Crippen LogP contribution in [0.2, 0.25) is 0 Å². The van der Waals surface area contributed by atoms with Crippen LogP contribution in [0.15, 0.2) is 42.5 Å². The molecule has 0 spiro atoms. The summed E-state index contributed by atoms with van der Waals surface area (Å²) in [6.07, 6.45) is -3.15. The predicted octanol–water partition coefficient (Wildman–Crippen LogP) is 6.91. The fourth-order valence-corrected chi connectivity index (χ4v) is 4.50. The van der Waals surface area contributed by atoms with Crippen molar-refractivity contribution in [2.75, 3.05) is 6.61 Å². The SMILES string of the molecule is O=C(/C=C/c1ccc2c(c1)CCCC2OCc1cc(C(F)(F)F)cc(C(F)(F)F)c1)NOC1CCCCO1. The molecule has 5 nitrogen and oxygen atoms in total. The van der Waals surface area contributed by atoms with Gasteiger partial charge in [0.15, 0.2) is 6.29 Å². The first-order valence-corrected chi connectivity index (χ1v) is 12.3. The number of aryl methyl sites for hydroxylation is 1. The normalized spacial score (nSPS) is 20.4. The van der Waals surface area contributed by atoms with Crippen molar-refractivity contribution in [1.82, 2.24) is 5.48 Å². The summed E-state index contributed by atoms with van der Waals surface area (Å²) >= 11 is 0. The van der Waals surface area contributed by atoms with E-state index in [0.29, 0.717) is 31.6 Å². The van der Waals surface area contributed by atoms with Crippen molar-refractivity contribution in [3.05, 3.63) is 75.9 Å². The van der Waals surface area contributed by atoms with E-state index in [1.807, 2.05) is 6.07 Å². The molecule has 1 aliphatic heterocycles. The summed E-state index contributed by atoms with van der Waals surface area (Å²) < 4.78 is 90.1. The molecule has 0 radical (unpaired) electrons. The van der Waals surface area contributed by atoms with E-state index in [1.165, 1.54) is 6.08 Å². The van der Waals surface area contributed by atoms with Gasteiger partial charge in [0.25, 0.3) is 5.91 Å². The maximum Gasteiger partial charge on any atom is 0.416 e. The number of hydrogen-bond acceptors (Lipinski definition) is 4. The van der Waals surface area contributed by atoms with Gasteiger partial charge in [0.2, 0.25) is 0 Å². The molecular formula is C27H27F6NO4. The fraction of sp³-hybridized carbons (Fsp3) is 0.444. The summed E-state index contributed by atoms with van der Waals surface area (Å²) in [7, 11) is 0. The lowest BCUT2D eigenvalue weighted by Crippen LogP contribution is -2.32. The first-order valence-electron chi connectivity index (χ1n) is 12.3. The van der Waals surface area contributed by atoms with Gasteiger partial charge in [0.05, 0.1) is 23.8 Å². The van der Waals surface area contributed by atoms with Crippen molar-refractivity contribution in [3.63, 3.8) is 0 Å². The number of nitrogens with one attached hydrogen (secondary N) is 1. The van der Waals surface area contributed by atoms with E-state index in [9.17, 15) is 31.1 Å². The molecule has 1 aliphatic carbocycles. The van der Waals surface area contributed by atoms with Crippen LogP contribution in [0.4, 0.5) is 26.3 Å². The quantitative estimate of drug-likeness (QED) is 0.234. The smallest absolute Gasteiger partial charge is 0.369 e. The van der Waals surface area contributed by atoms with Gasteiger partial charge in [-0.3, -0.25) is 4.79 Å². The van der Waals surface area contributed by atoms with Crippen LogP contribution in [0.5, 0.6) is 0 Å². The van der Waals surface area contributed by atoms with Crippen molar-refractivity contribution in [3.8, 4) is 0 Å². The number of ether oxygens (including phenoxy) is 2. The van der Waals surface area contributed by atoms with E-state index in [1.54, 1.807) is 18.2 Å². The van der Waals surface area contributed by atoms with Crippen LogP contribution in [-0.2, 0) is 44.5 Å². The number of fused-ring (bicyclic) bond motifs is 1. The number of halogens is 6. The molecule has 1 saturated heterocycles. The molecule has 4 rings (SSSR count). The second-order valence-corrected chi connectivity index (χ2v) is 9.28. The van der Waals surface area contributed by atoms with Gasteiger partial charge in [-0.05, 0) is 78.6 Å². The molecule has 206 valence electrons. The predicted molar refractivity (Wildman–Crippen MR) is 125 cm³/mol. The van der Waals surface area contributed by atoms with Crippen LogP contribution < -0.4 is 5.48 Å². The van der Waals surface area contributed by atoms with Crippen LogP contribution in [0.3, 0.4) is 0 Å². The van der Waals surface area contributed by atoms with Crippen molar-refractivity contribution >= 4 is 12.0 Å². The van der Waals surface area contributed by atoms with E-state index in [-0.39, 0.29) is 11.6 Å². The van der Waals surface area contributed by atoms with Gasteiger partial charge in [-0.15, -0.1) is 0 Å². The third-order valence-corrected chi connectivity index (χ3v) is 6.38. The van der Waals surface area contributed by atoms with Gasteiger partial charge >= 0.3 is 12.4 Å². The molecule has 1 heterocycles. The Morgan fingerprint density at radius 2 is 1.71 bits per heavy atom. The van der Waals surface area contributed by atoms with E-state index in [2.05, 4.69) is 5.48 Å². The monoisotopic (exact) mass is 543 g/mol. The number of hydroxylamine groups is 1. The highest BCUT2D eigenvalue weighted by atomic mass is 19.4. The fourth-order valence-electron chi connectivity index (χ4n) is 4.50. The van der Waals surface area contributed by atoms with E-state index in [0.717, 1.165) is 42.4 Å². The van der Waals surface area contributed by atoms with E-state index >= 15 is 0 Å². The molecule has 2 aromatic rings. The van der Waals surface area contributed by atoms with Crippen LogP contribution in [0, 0.1) is 0 Å². The zero-order valence-electron chi connectivity index (χ0n) is 20.3. The number of alkyl halides is 6. The Bertz CT molecular complexity index is 1120. The molecule has 2 aliphatic rings. The van der Waals surface area contributed by atoms with Gasteiger partial charge in [0.1, 0.15) is 0 Å². The largest absolute Gasteiger partial charge is 0.416 e. The number of benzene rings is 2. The Morgan fingerprint density at radius 3 is 2.37 bits per heavy atom. The maximum atomic E-state index is 13.2. The summed E-state index contributed by atoms with van der Waals surface area (Å²) in [5.74, 6) is -0.447. The summed E-state index contributed by atoms with van der Waals surface area (Å²) in [5.41, 5.74) is 1.91. The lowest BCUT2D eigenvalue weighted by atomic mass is 9.88. The molecule has 1 amide bonds. The second-order valence-electron chi connectivity index (χ2n) is 9.28. The zero-order chi connectivity index (χ0) is 27.3. The minimum Gasteiger partial charge on any atom is -0.369 e. The molecule has 2 unspecified atom stereocenters. The van der Waals surface area contributed by atoms with Crippen molar-refractivity contribution in [2.45, 2.75) is 69.9 Å². The highest BCUT2D eigenvalue weighted by molar-refractivity contribution is 5.91. The molecule has 0 saturated carbocycles. The zero-order valence-corrected chi connectivity index (χ0v) is 20.3. The Morgan fingerprint density at radius 1 is 0.974 bits per heavy atom. The standard InChI is InChI=1S/C27H27F6NO4/c28-26(29,30)20-13-18(14-21(15-20)27(31,32)33)16-37-23-5-3-4-19-12-17(7-9-22(19)23)8-10-24(35)34-38-25-6-1-2-11-36-25/h7-10,12-15,23,25H,1-6,11,16H2,(H,34,35)/b10-8+. The van der Waals surface area contributed by atoms with Gasteiger partial charge < -0.3 is 9.47 Å². The van der Waals surface area contributed by atoms with E-state index in [4.69, 9.17) is 14.3 Å². The maximum absolute atomic E-state index is 13.2. The molecular weight excluding hydrogens is 516 g/mol.